The number of aromatic amines is 1. The second-order valence-electron chi connectivity index (χ2n) is 5.45. The summed E-state index contributed by atoms with van der Waals surface area (Å²) in [6, 6.07) is 13.8. The molecule has 0 saturated carbocycles. The number of nitrogens with zero attached hydrogens (tertiary/aromatic N) is 1. The quantitative estimate of drug-likeness (QED) is 0.490. The largest absolute Gasteiger partial charge is 0.399 e. The lowest BCUT2D eigenvalue weighted by atomic mass is 9.98. The molecule has 0 bridgehead atoms. The number of aryl methyl sites for hydroxylation is 1. The minimum atomic E-state index is 0.692. The number of H-pyrrole nitrogens is 1. The van der Waals surface area contributed by atoms with Gasteiger partial charge in [0.15, 0.2) is 0 Å². The molecule has 0 saturated heterocycles. The van der Waals surface area contributed by atoms with Crippen molar-refractivity contribution in [3.05, 3.63) is 59.4 Å². The van der Waals surface area contributed by atoms with E-state index in [-0.39, 0.29) is 0 Å². The molecule has 2 heterocycles. The molecule has 3 N–H and O–H groups in total. The van der Waals surface area contributed by atoms with E-state index in [1.54, 1.807) is 0 Å². The monoisotopic (exact) mass is 307 g/mol. The Kier molecular flexibility index (Phi) is 2.84. The summed E-state index contributed by atoms with van der Waals surface area (Å²) < 4.78 is 0. The third kappa shape index (κ3) is 1.94. The zero-order valence-electron chi connectivity index (χ0n) is 12.0. The Balaban J connectivity index is 2.11. The number of nitrogens with two attached hydrogens (primary N) is 1. The molecule has 0 aliphatic rings. The fourth-order valence-electron chi connectivity index (χ4n) is 3.03. The molecule has 0 aliphatic carbocycles. The van der Waals surface area contributed by atoms with Crippen molar-refractivity contribution in [1.29, 1.82) is 0 Å². The number of halogens is 1. The molecule has 0 spiro atoms. The third-order valence-corrected chi connectivity index (χ3v) is 4.22. The number of rotatable bonds is 1. The van der Waals surface area contributed by atoms with Crippen LogP contribution in [0.25, 0.3) is 32.9 Å². The number of pyridine rings is 1. The van der Waals surface area contributed by atoms with Crippen LogP contribution in [-0.2, 0) is 0 Å². The van der Waals surface area contributed by atoms with Gasteiger partial charge in [-0.1, -0.05) is 17.7 Å². The summed E-state index contributed by atoms with van der Waals surface area (Å²) in [7, 11) is 0. The number of hydrogen-bond donors (Lipinski definition) is 2. The highest BCUT2D eigenvalue weighted by molar-refractivity contribution is 6.31. The van der Waals surface area contributed by atoms with Gasteiger partial charge in [-0.2, -0.15) is 0 Å². The lowest BCUT2D eigenvalue weighted by Gasteiger charge is -2.07. The van der Waals surface area contributed by atoms with Crippen LogP contribution < -0.4 is 5.73 Å². The van der Waals surface area contributed by atoms with E-state index in [2.05, 4.69) is 16.9 Å². The van der Waals surface area contributed by atoms with Crippen molar-refractivity contribution in [3.63, 3.8) is 0 Å². The Morgan fingerprint density at radius 3 is 2.77 bits per heavy atom. The Hall–Kier alpha value is -2.52. The number of benzene rings is 2. The Morgan fingerprint density at radius 1 is 1.05 bits per heavy atom. The van der Waals surface area contributed by atoms with Crippen molar-refractivity contribution in [2.24, 2.45) is 0 Å². The summed E-state index contributed by atoms with van der Waals surface area (Å²) in [4.78, 5) is 7.85. The average molecular weight is 308 g/mol. The van der Waals surface area contributed by atoms with Crippen molar-refractivity contribution >= 4 is 39.1 Å². The van der Waals surface area contributed by atoms with Gasteiger partial charge in [0.25, 0.3) is 0 Å². The van der Waals surface area contributed by atoms with Crippen molar-refractivity contribution < 1.29 is 0 Å². The lowest BCUT2D eigenvalue weighted by Crippen LogP contribution is -1.87. The van der Waals surface area contributed by atoms with Crippen LogP contribution in [-0.4, -0.2) is 9.97 Å². The molecule has 0 amide bonds. The van der Waals surface area contributed by atoms with E-state index >= 15 is 0 Å². The van der Waals surface area contributed by atoms with Crippen LogP contribution in [0, 0.1) is 6.92 Å². The Morgan fingerprint density at radius 2 is 1.91 bits per heavy atom. The summed E-state index contributed by atoms with van der Waals surface area (Å²) in [6.07, 6.45) is 1.82. The minimum absolute atomic E-state index is 0.692. The van der Waals surface area contributed by atoms with E-state index in [1.165, 1.54) is 0 Å². The second-order valence-corrected chi connectivity index (χ2v) is 5.89. The van der Waals surface area contributed by atoms with Crippen molar-refractivity contribution in [3.8, 4) is 11.1 Å². The van der Waals surface area contributed by atoms with Crippen LogP contribution in [0.3, 0.4) is 0 Å². The number of nitrogen functional groups attached to an aromatic ring is 1. The molecular formula is C18H14ClN3. The second kappa shape index (κ2) is 4.75. The molecule has 0 atom stereocenters. The first kappa shape index (κ1) is 13.2. The predicted octanol–water partition coefficient (Wildman–Crippen LogP) is 4.93. The van der Waals surface area contributed by atoms with E-state index in [4.69, 9.17) is 17.3 Å². The van der Waals surface area contributed by atoms with Gasteiger partial charge in [0, 0.05) is 44.5 Å². The molecule has 0 unspecified atom stereocenters. The number of nitrogens with one attached hydrogen (secondary N) is 1. The number of hydrogen-bond acceptors (Lipinski definition) is 2. The van der Waals surface area contributed by atoms with Gasteiger partial charge in [0.1, 0.15) is 0 Å². The highest BCUT2D eigenvalue weighted by Crippen LogP contribution is 2.37. The zero-order valence-corrected chi connectivity index (χ0v) is 12.8. The van der Waals surface area contributed by atoms with E-state index in [0.29, 0.717) is 5.02 Å². The number of anilines is 1. The van der Waals surface area contributed by atoms with Crippen LogP contribution in [0.2, 0.25) is 5.02 Å². The molecule has 4 heteroatoms. The van der Waals surface area contributed by atoms with Gasteiger partial charge in [-0.15, -0.1) is 0 Å². The van der Waals surface area contributed by atoms with E-state index < -0.39 is 0 Å². The van der Waals surface area contributed by atoms with Crippen LogP contribution in [0.15, 0.2) is 48.7 Å². The summed E-state index contributed by atoms with van der Waals surface area (Å²) in [5, 5.41) is 2.90. The summed E-state index contributed by atoms with van der Waals surface area (Å²) in [5.41, 5.74) is 12.1. The van der Waals surface area contributed by atoms with Crippen LogP contribution in [0.5, 0.6) is 0 Å². The number of fused-ring (bicyclic) bond motifs is 2. The fourth-order valence-corrected chi connectivity index (χ4v) is 3.20. The minimum Gasteiger partial charge on any atom is -0.399 e. The van der Waals surface area contributed by atoms with Gasteiger partial charge in [0.2, 0.25) is 0 Å². The smallest absolute Gasteiger partial charge is 0.0723 e. The predicted molar refractivity (Wildman–Crippen MR) is 93.2 cm³/mol. The van der Waals surface area contributed by atoms with Gasteiger partial charge in [0.05, 0.1) is 5.52 Å². The molecule has 4 aromatic rings. The molecule has 2 aromatic heterocycles. The first-order valence-electron chi connectivity index (χ1n) is 7.06. The van der Waals surface area contributed by atoms with Crippen molar-refractivity contribution in [2.45, 2.75) is 6.92 Å². The fraction of sp³-hybridized carbons (Fsp3) is 0.0556. The first-order valence-corrected chi connectivity index (χ1v) is 7.44. The van der Waals surface area contributed by atoms with Crippen molar-refractivity contribution in [1.82, 2.24) is 9.97 Å². The maximum absolute atomic E-state index is 6.08. The van der Waals surface area contributed by atoms with Crippen LogP contribution >= 0.6 is 11.6 Å². The third-order valence-electron chi connectivity index (χ3n) is 3.98. The van der Waals surface area contributed by atoms with Crippen molar-refractivity contribution in [2.75, 3.05) is 5.73 Å². The Bertz CT molecular complexity index is 1020. The van der Waals surface area contributed by atoms with E-state index in [9.17, 15) is 0 Å². The Labute approximate surface area is 132 Å². The van der Waals surface area contributed by atoms with Gasteiger partial charge < -0.3 is 10.7 Å². The average Bonchev–Trinajstić information content (AvgIpc) is 2.81. The molecule has 22 heavy (non-hydrogen) atoms. The van der Waals surface area contributed by atoms with E-state index in [0.717, 1.165) is 44.3 Å². The van der Waals surface area contributed by atoms with Crippen LogP contribution in [0.4, 0.5) is 5.69 Å². The van der Waals surface area contributed by atoms with Gasteiger partial charge in [-0.25, -0.2) is 0 Å². The summed E-state index contributed by atoms with van der Waals surface area (Å²) in [6.45, 7) is 2.08. The van der Waals surface area contributed by atoms with Gasteiger partial charge in [-0.3, -0.25) is 4.98 Å². The highest BCUT2D eigenvalue weighted by atomic mass is 35.5. The molecular weight excluding hydrogens is 294 g/mol. The van der Waals surface area contributed by atoms with Gasteiger partial charge in [-0.05, 0) is 48.9 Å². The first-order chi connectivity index (χ1) is 10.6. The van der Waals surface area contributed by atoms with E-state index in [1.807, 2.05) is 48.7 Å². The standard InChI is InChI=1S/C18H14ClN3/c1-10-18(15-9-12(20)3-5-16(15)22-10)14-6-7-21-17-8-11(19)2-4-13(14)17/h2-9,22H,20H2,1H3. The summed E-state index contributed by atoms with van der Waals surface area (Å²) >= 11 is 6.08. The maximum atomic E-state index is 6.08. The number of aromatic nitrogens is 2. The summed E-state index contributed by atoms with van der Waals surface area (Å²) in [5.74, 6) is 0. The lowest BCUT2D eigenvalue weighted by molar-refractivity contribution is 1.30. The zero-order chi connectivity index (χ0) is 15.3. The molecule has 0 radical (unpaired) electrons. The molecule has 4 rings (SSSR count). The van der Waals surface area contributed by atoms with Gasteiger partial charge >= 0.3 is 0 Å². The SMILES string of the molecule is Cc1[nH]c2ccc(N)cc2c1-c1ccnc2cc(Cl)ccc12. The molecule has 0 aliphatic heterocycles. The molecule has 2 aromatic carbocycles. The molecule has 3 nitrogen and oxygen atoms in total. The molecule has 0 fully saturated rings. The maximum Gasteiger partial charge on any atom is 0.0723 e. The highest BCUT2D eigenvalue weighted by Gasteiger charge is 2.14. The normalized spacial score (nSPS) is 11.4. The topological polar surface area (TPSA) is 54.7 Å². The molecule has 108 valence electrons. The van der Waals surface area contributed by atoms with Crippen LogP contribution in [0.1, 0.15) is 5.69 Å².